The van der Waals surface area contributed by atoms with Gasteiger partial charge in [-0.15, -0.1) is 0 Å². The van der Waals surface area contributed by atoms with E-state index in [9.17, 15) is 14.4 Å². The Labute approximate surface area is 230 Å². The number of morpholine rings is 1. The van der Waals surface area contributed by atoms with Gasteiger partial charge < -0.3 is 15.0 Å². The fourth-order valence-corrected chi connectivity index (χ4v) is 2.85. The van der Waals surface area contributed by atoms with Gasteiger partial charge in [-0.2, -0.15) is 0 Å². The van der Waals surface area contributed by atoms with Crippen LogP contribution in [0.15, 0.2) is 36.3 Å². The van der Waals surface area contributed by atoms with E-state index in [1.165, 1.54) is 5.32 Å². The summed E-state index contributed by atoms with van der Waals surface area (Å²) in [7, 11) is 0. The van der Waals surface area contributed by atoms with Crippen LogP contribution in [-0.4, -0.2) is 59.7 Å². The van der Waals surface area contributed by atoms with Crippen molar-refractivity contribution in [2.45, 2.75) is 38.3 Å². The number of imide groups is 1. The van der Waals surface area contributed by atoms with Crippen LogP contribution in [-0.2, 0) is 33.8 Å². The molecule has 0 radical (unpaired) electrons. The van der Waals surface area contributed by atoms with Crippen LogP contribution in [0.3, 0.4) is 0 Å². The highest BCUT2D eigenvalue weighted by Crippen LogP contribution is 2.32. The maximum atomic E-state index is 16.3. The number of anilines is 1. The quantitative estimate of drug-likeness (QED) is 0.603. The van der Waals surface area contributed by atoms with Crippen molar-refractivity contribution in [2.24, 2.45) is 0 Å². The number of fused-ring (bicyclic) bond motifs is 1. The van der Waals surface area contributed by atoms with Gasteiger partial charge in [0, 0.05) is 74.9 Å². The number of ether oxygens (including phenoxy) is 1. The summed E-state index contributed by atoms with van der Waals surface area (Å²) in [6.07, 6.45) is -7.33. The van der Waals surface area contributed by atoms with Gasteiger partial charge in [0.15, 0.2) is 0 Å². The Kier molecular flexibility index (Phi) is 2.20. The average molecular weight is 491 g/mol. The molecule has 0 spiro atoms. The first-order valence-corrected chi connectivity index (χ1v) is 9.16. The number of carbonyl (C=O) groups is 3. The Balaban J connectivity index is 1.71. The number of rotatable bonds is 6. The van der Waals surface area contributed by atoms with Crippen molar-refractivity contribution in [3.63, 3.8) is 0 Å². The molecule has 0 saturated carbocycles. The Morgan fingerprint density at radius 2 is 2.06 bits per heavy atom. The van der Waals surface area contributed by atoms with E-state index in [1.807, 2.05) is 0 Å². The van der Waals surface area contributed by atoms with Gasteiger partial charge >= 0.3 is 0 Å². The number of amides is 3. The summed E-state index contributed by atoms with van der Waals surface area (Å²) in [6, 6.07) is -12.0. The monoisotopic (exact) mass is 490 g/mol. The molecule has 0 aromatic heterocycles. The number of nitrogens with zero attached hydrogens (tertiary/aromatic N) is 2. The lowest BCUT2D eigenvalue weighted by atomic mass is 10.0. The predicted molar refractivity (Wildman–Crippen MR) is 122 cm³/mol. The number of hydrogen-bond donors (Lipinski definition) is 2. The van der Waals surface area contributed by atoms with Crippen LogP contribution in [0, 0.1) is 5.82 Å². The third-order valence-electron chi connectivity index (χ3n) is 4.33. The van der Waals surface area contributed by atoms with E-state index in [-0.39, 0.29) is 4.90 Å². The van der Waals surface area contributed by atoms with E-state index in [0.29, 0.717) is 0 Å². The molecule has 0 aliphatic carbocycles. The van der Waals surface area contributed by atoms with Crippen molar-refractivity contribution in [3.8, 4) is 0 Å². The number of halogens is 1. The topological polar surface area (TPSA) is 91.0 Å². The zero-order valence-electron chi connectivity index (χ0n) is 40.5. The predicted octanol–water partition coefficient (Wildman–Crippen LogP) is 2.03. The lowest BCUT2D eigenvalue weighted by Gasteiger charge is -2.29. The molecular weight excluding hydrogens is 439 g/mol. The molecule has 2 fully saturated rings. The summed E-state index contributed by atoms with van der Waals surface area (Å²) in [4.78, 5) is 37.9. The highest BCUT2D eigenvalue weighted by molar-refractivity contribution is 6.06. The van der Waals surface area contributed by atoms with Crippen molar-refractivity contribution in [2.75, 3.05) is 31.4 Å². The summed E-state index contributed by atoms with van der Waals surface area (Å²) in [6.45, 7) is -27.5. The zero-order chi connectivity index (χ0) is 45.0. The standard InChI is InChI=1S/C25H27FN4O4/c26-20-12-16(14-29-8-10-34-11-9-29)4-5-17(20)13-27-21-3-1-2-18-19(21)15-30(25(18)33)22-6-7-23(31)28-24(22)32/h1-5,12,22,27H,6-11,13-15H2,(H,28,31,32)/t22-/m0/s1/i1D,2D,3D,4D,5D,6D2,7D2,8D2,9D2,10D2,11D2,12D,13D2,14D2,15D2. The number of carbonyl (C=O) groups excluding carboxylic acids is 3. The molecule has 1 atom stereocenters. The third-order valence-corrected chi connectivity index (χ3v) is 4.33. The van der Waals surface area contributed by atoms with E-state index < -0.39 is 157 Å². The summed E-state index contributed by atoms with van der Waals surface area (Å²) in [5.74, 6) is -7.63. The Hall–Kier alpha value is -3.30. The number of piperidine rings is 1. The number of hydrogen-bond acceptors (Lipinski definition) is 6. The van der Waals surface area contributed by atoms with E-state index >= 15 is 4.39 Å². The van der Waals surface area contributed by atoms with Gasteiger partial charge in [-0.1, -0.05) is 18.1 Å². The van der Waals surface area contributed by atoms with Gasteiger partial charge in [0.25, 0.3) is 5.91 Å². The molecule has 178 valence electrons. The summed E-state index contributed by atoms with van der Waals surface area (Å²) < 4.78 is 220. The second kappa shape index (κ2) is 9.52. The molecule has 3 aliphatic heterocycles. The zero-order valence-corrected chi connectivity index (χ0v) is 16.5. The van der Waals surface area contributed by atoms with Crippen molar-refractivity contribution in [3.05, 3.63) is 64.3 Å². The van der Waals surface area contributed by atoms with E-state index in [4.69, 9.17) is 32.9 Å². The maximum absolute atomic E-state index is 16.3. The van der Waals surface area contributed by atoms with Gasteiger partial charge in [0.2, 0.25) is 11.8 Å². The largest absolute Gasteiger partial charge is 0.381 e. The second-order valence-electron chi connectivity index (χ2n) is 6.44. The van der Waals surface area contributed by atoms with Crippen molar-refractivity contribution >= 4 is 23.4 Å². The molecule has 5 rings (SSSR count). The first-order valence-electron chi connectivity index (χ1n) is 21.2. The normalized spacial score (nSPS) is 42.4. The summed E-state index contributed by atoms with van der Waals surface area (Å²) >= 11 is 0. The molecule has 2 aromatic rings. The lowest BCUT2D eigenvalue weighted by molar-refractivity contribution is -0.136. The molecule has 3 heterocycles. The van der Waals surface area contributed by atoms with Crippen molar-refractivity contribution in [1.29, 1.82) is 0 Å². The Bertz CT molecular complexity index is 2140. The number of nitrogens with one attached hydrogen (secondary N) is 2. The fraction of sp³-hybridized carbons (Fsp3) is 0.400. The Morgan fingerprint density at radius 1 is 1.24 bits per heavy atom. The first-order chi connectivity index (χ1) is 25.7. The van der Waals surface area contributed by atoms with E-state index in [2.05, 4.69) is 4.74 Å². The molecule has 0 bridgehead atoms. The molecule has 9 heteroatoms. The molecule has 3 amide bonds. The van der Waals surface area contributed by atoms with Crippen molar-refractivity contribution < 1.29 is 56.4 Å². The van der Waals surface area contributed by atoms with Gasteiger partial charge in [0.1, 0.15) is 11.9 Å². The van der Waals surface area contributed by atoms with Crippen LogP contribution in [0.5, 0.6) is 0 Å². The van der Waals surface area contributed by atoms with Crippen LogP contribution in [0.1, 0.15) is 72.7 Å². The molecule has 2 aromatic carbocycles. The highest BCUT2D eigenvalue weighted by Gasteiger charge is 2.39. The molecule has 34 heavy (non-hydrogen) atoms. The molecule has 2 saturated heterocycles. The van der Waals surface area contributed by atoms with Crippen molar-refractivity contribution in [1.82, 2.24) is 15.1 Å². The minimum atomic E-state index is -4.14. The minimum absolute atomic E-state index is 0.250. The van der Waals surface area contributed by atoms with Crippen LogP contribution < -0.4 is 10.6 Å². The second-order valence-corrected chi connectivity index (χ2v) is 6.44. The molecule has 0 unspecified atom stereocenters. The maximum Gasteiger partial charge on any atom is 0.255 e. The van der Waals surface area contributed by atoms with Crippen LogP contribution in [0.2, 0.25) is 0 Å². The SMILES string of the molecule is [2H]c1c([2H])c(NC([2H])([2H])c2c([2H])c([2H])c(C([2H])([2H])N3C([2H])([2H])C([2H])([2H])OC([2H])([2H])C3([2H])[2H])c([2H])c2F)c2c(c1[2H])C(=O)N([C@@H]1C(=O)NC(=O)C([2H])([2H])C1([2H])[2H])C2([2H])[2H]. The molecule has 8 nitrogen and oxygen atoms in total. The smallest absolute Gasteiger partial charge is 0.255 e. The fourth-order valence-electron chi connectivity index (χ4n) is 2.85. The van der Waals surface area contributed by atoms with Crippen LogP contribution in [0.4, 0.5) is 10.1 Å². The minimum Gasteiger partial charge on any atom is -0.381 e. The van der Waals surface area contributed by atoms with Gasteiger partial charge in [-0.25, -0.2) is 4.39 Å². The van der Waals surface area contributed by atoms with Crippen LogP contribution in [0.25, 0.3) is 0 Å². The molecule has 2 N–H and O–H groups in total. The number of benzene rings is 2. The van der Waals surface area contributed by atoms with E-state index in [1.54, 1.807) is 5.32 Å². The summed E-state index contributed by atoms with van der Waals surface area (Å²) in [5.41, 5.74) is -7.30. The third kappa shape index (κ3) is 4.53. The average Bonchev–Trinajstić information content (AvgIpc) is 3.23. The lowest BCUT2D eigenvalue weighted by Crippen LogP contribution is -2.52. The van der Waals surface area contributed by atoms with E-state index in [0.717, 1.165) is 0 Å². The molecule has 3 aliphatic rings. The molecular formula is C25H27FN4O4. The Morgan fingerprint density at radius 3 is 2.88 bits per heavy atom. The van der Waals surface area contributed by atoms with Gasteiger partial charge in [-0.3, -0.25) is 24.6 Å². The van der Waals surface area contributed by atoms with Crippen LogP contribution >= 0.6 is 0 Å². The first kappa shape index (κ1) is 7.86. The summed E-state index contributed by atoms with van der Waals surface area (Å²) in [5, 5.41) is 3.23. The van der Waals surface area contributed by atoms with Gasteiger partial charge in [-0.05, 0) is 30.1 Å². The van der Waals surface area contributed by atoms with Gasteiger partial charge in [0.05, 0.1) is 32.3 Å². The highest BCUT2D eigenvalue weighted by atomic mass is 19.1.